The summed E-state index contributed by atoms with van der Waals surface area (Å²) in [7, 11) is 0. The number of benzene rings is 1. The van der Waals surface area contributed by atoms with Crippen LogP contribution in [0.4, 0.5) is 5.95 Å². The first-order chi connectivity index (χ1) is 12.9. The summed E-state index contributed by atoms with van der Waals surface area (Å²) in [5.41, 5.74) is -0.238. The normalized spacial score (nSPS) is 14.7. The fourth-order valence-corrected chi connectivity index (χ4v) is 3.08. The molecule has 0 unspecified atom stereocenters. The number of hydrogen-bond donors (Lipinski definition) is 1. The van der Waals surface area contributed by atoms with Crippen molar-refractivity contribution >= 4 is 23.5 Å². The summed E-state index contributed by atoms with van der Waals surface area (Å²) in [6, 6.07) is 8.77. The van der Waals surface area contributed by atoms with E-state index in [9.17, 15) is 4.79 Å². The average molecular weight is 389 g/mol. The number of halogens is 1. The summed E-state index contributed by atoms with van der Waals surface area (Å²) in [4.78, 5) is 23.7. The van der Waals surface area contributed by atoms with Crippen molar-refractivity contribution in [3.05, 3.63) is 47.2 Å². The van der Waals surface area contributed by atoms with Gasteiger partial charge < -0.3 is 15.0 Å². The zero-order chi connectivity index (χ0) is 19.3. The van der Waals surface area contributed by atoms with Crippen LogP contribution in [-0.2, 0) is 11.3 Å². The number of anilines is 1. The lowest BCUT2D eigenvalue weighted by Crippen LogP contribution is -2.46. The monoisotopic (exact) mass is 388 g/mol. The van der Waals surface area contributed by atoms with Gasteiger partial charge in [-0.1, -0.05) is 11.6 Å². The van der Waals surface area contributed by atoms with Crippen LogP contribution >= 0.6 is 11.6 Å². The molecular weight excluding hydrogens is 364 g/mol. The molecule has 7 heteroatoms. The second-order valence-electron chi connectivity index (χ2n) is 7.14. The minimum atomic E-state index is -1.02. The van der Waals surface area contributed by atoms with Gasteiger partial charge in [-0.05, 0) is 63.4 Å². The molecule has 0 saturated carbocycles. The molecule has 6 nitrogen and oxygen atoms in total. The number of carbonyl (C=O) groups is 1. The van der Waals surface area contributed by atoms with Gasteiger partial charge in [-0.25, -0.2) is 9.97 Å². The van der Waals surface area contributed by atoms with Crippen molar-refractivity contribution in [1.82, 2.24) is 15.3 Å². The number of aromatic nitrogens is 2. The number of nitrogens with one attached hydrogen (secondary N) is 1. The Balaban J connectivity index is 1.58. The quantitative estimate of drug-likeness (QED) is 0.819. The van der Waals surface area contributed by atoms with E-state index < -0.39 is 5.60 Å². The molecule has 1 aromatic carbocycles. The molecule has 0 radical (unpaired) electrons. The maximum Gasteiger partial charge on any atom is 0.263 e. The number of hydrogen-bond acceptors (Lipinski definition) is 5. The van der Waals surface area contributed by atoms with Gasteiger partial charge in [-0.3, -0.25) is 4.79 Å². The van der Waals surface area contributed by atoms with Crippen molar-refractivity contribution in [2.75, 3.05) is 18.0 Å². The predicted octanol–water partition coefficient (Wildman–Crippen LogP) is 3.59. The minimum absolute atomic E-state index is 0.212. The number of rotatable bonds is 6. The van der Waals surface area contributed by atoms with Crippen LogP contribution in [0, 0.1) is 0 Å². The molecule has 1 fully saturated rings. The summed E-state index contributed by atoms with van der Waals surface area (Å²) in [5.74, 6) is 1.11. The van der Waals surface area contributed by atoms with E-state index in [1.165, 1.54) is 19.3 Å². The van der Waals surface area contributed by atoms with Gasteiger partial charge in [0.25, 0.3) is 5.91 Å². The van der Waals surface area contributed by atoms with Crippen LogP contribution in [0.1, 0.15) is 38.8 Å². The highest BCUT2D eigenvalue weighted by atomic mass is 35.5. The molecule has 0 atom stereocenters. The third kappa shape index (κ3) is 5.32. The zero-order valence-electron chi connectivity index (χ0n) is 15.7. The van der Waals surface area contributed by atoms with Crippen molar-refractivity contribution in [3.8, 4) is 5.75 Å². The molecular formula is C20H25ClN4O2. The minimum Gasteiger partial charge on any atom is -0.478 e. The van der Waals surface area contributed by atoms with E-state index in [-0.39, 0.29) is 5.91 Å². The van der Waals surface area contributed by atoms with Crippen molar-refractivity contribution in [2.24, 2.45) is 0 Å². The Morgan fingerprint density at radius 2 is 1.89 bits per heavy atom. The van der Waals surface area contributed by atoms with Crippen LogP contribution in [0.3, 0.4) is 0 Å². The van der Waals surface area contributed by atoms with E-state index in [2.05, 4.69) is 20.2 Å². The number of carbonyl (C=O) groups excluding carboxylic acids is 1. The van der Waals surface area contributed by atoms with Gasteiger partial charge in [0, 0.05) is 24.3 Å². The van der Waals surface area contributed by atoms with Crippen LogP contribution in [0.25, 0.3) is 0 Å². The fraction of sp³-hybridized carbons (Fsp3) is 0.450. The van der Waals surface area contributed by atoms with Gasteiger partial charge in [-0.2, -0.15) is 0 Å². The SMILES string of the molecule is CC(C)(Oc1ccc(Cl)cc1)C(=O)NCc1ccnc(N2CCCCC2)n1. The Bertz CT molecular complexity index is 774. The average Bonchev–Trinajstić information content (AvgIpc) is 2.68. The summed E-state index contributed by atoms with van der Waals surface area (Å²) >= 11 is 5.88. The molecule has 1 aliphatic heterocycles. The first-order valence-electron chi connectivity index (χ1n) is 9.24. The number of amides is 1. The van der Waals surface area contributed by atoms with Crippen LogP contribution in [0.2, 0.25) is 5.02 Å². The van der Waals surface area contributed by atoms with Gasteiger partial charge >= 0.3 is 0 Å². The van der Waals surface area contributed by atoms with E-state index in [1.54, 1.807) is 44.3 Å². The maximum atomic E-state index is 12.6. The van der Waals surface area contributed by atoms with E-state index in [1.807, 2.05) is 6.07 Å². The lowest BCUT2D eigenvalue weighted by Gasteiger charge is -2.27. The number of ether oxygens (including phenoxy) is 1. The first kappa shape index (κ1) is 19.4. The predicted molar refractivity (Wildman–Crippen MR) is 106 cm³/mol. The molecule has 0 spiro atoms. The second-order valence-corrected chi connectivity index (χ2v) is 7.58. The van der Waals surface area contributed by atoms with Crippen LogP contribution in [0.5, 0.6) is 5.75 Å². The lowest BCUT2D eigenvalue weighted by molar-refractivity contribution is -0.134. The summed E-state index contributed by atoms with van der Waals surface area (Å²) in [5, 5.41) is 3.53. The highest BCUT2D eigenvalue weighted by Gasteiger charge is 2.29. The Labute approximate surface area is 164 Å². The number of piperidine rings is 1. The molecule has 1 aromatic heterocycles. The van der Waals surface area contributed by atoms with Crippen molar-refractivity contribution < 1.29 is 9.53 Å². The molecule has 1 aliphatic rings. The fourth-order valence-electron chi connectivity index (χ4n) is 2.96. The highest BCUT2D eigenvalue weighted by Crippen LogP contribution is 2.21. The molecule has 2 heterocycles. The highest BCUT2D eigenvalue weighted by molar-refractivity contribution is 6.30. The van der Waals surface area contributed by atoms with Gasteiger partial charge in [0.05, 0.1) is 12.2 Å². The molecule has 3 rings (SSSR count). The van der Waals surface area contributed by atoms with Crippen molar-refractivity contribution in [3.63, 3.8) is 0 Å². The lowest BCUT2D eigenvalue weighted by atomic mass is 10.1. The molecule has 1 saturated heterocycles. The standard InChI is InChI=1S/C20H25ClN4O2/c1-20(2,27-17-8-6-15(21)7-9-17)18(26)23-14-16-10-11-22-19(24-16)25-12-4-3-5-13-25/h6-11H,3-5,12-14H2,1-2H3,(H,23,26). The van der Waals surface area contributed by atoms with E-state index in [0.29, 0.717) is 17.3 Å². The van der Waals surface area contributed by atoms with Crippen molar-refractivity contribution in [2.45, 2.75) is 45.3 Å². The zero-order valence-corrected chi connectivity index (χ0v) is 16.5. The Morgan fingerprint density at radius 1 is 1.19 bits per heavy atom. The molecule has 27 heavy (non-hydrogen) atoms. The van der Waals surface area contributed by atoms with Gasteiger partial charge in [0.2, 0.25) is 5.95 Å². The largest absolute Gasteiger partial charge is 0.478 e. The third-order valence-corrected chi connectivity index (χ3v) is 4.75. The van der Waals surface area contributed by atoms with Crippen LogP contribution in [0.15, 0.2) is 36.5 Å². The second kappa shape index (κ2) is 8.57. The molecule has 2 aromatic rings. The van der Waals surface area contributed by atoms with Gasteiger partial charge in [0.1, 0.15) is 5.75 Å². The van der Waals surface area contributed by atoms with Gasteiger partial charge in [0.15, 0.2) is 5.60 Å². The summed E-state index contributed by atoms with van der Waals surface area (Å²) in [6.45, 7) is 5.76. The molecule has 144 valence electrons. The van der Waals surface area contributed by atoms with E-state index >= 15 is 0 Å². The van der Waals surface area contributed by atoms with Gasteiger partial charge in [-0.15, -0.1) is 0 Å². The summed E-state index contributed by atoms with van der Waals surface area (Å²) in [6.07, 6.45) is 5.34. The molecule has 0 bridgehead atoms. The van der Waals surface area contributed by atoms with Crippen molar-refractivity contribution in [1.29, 1.82) is 0 Å². The first-order valence-corrected chi connectivity index (χ1v) is 9.61. The Morgan fingerprint density at radius 3 is 2.59 bits per heavy atom. The molecule has 0 aliphatic carbocycles. The maximum absolute atomic E-state index is 12.6. The van der Waals surface area contributed by atoms with E-state index in [0.717, 1.165) is 24.7 Å². The Hall–Kier alpha value is -2.34. The third-order valence-electron chi connectivity index (χ3n) is 4.50. The smallest absolute Gasteiger partial charge is 0.263 e. The number of nitrogens with zero attached hydrogens (tertiary/aromatic N) is 3. The molecule has 1 N–H and O–H groups in total. The van der Waals surface area contributed by atoms with E-state index in [4.69, 9.17) is 16.3 Å². The van der Waals surface area contributed by atoms with Crippen LogP contribution < -0.4 is 15.0 Å². The topological polar surface area (TPSA) is 67.3 Å². The Kier molecular flexibility index (Phi) is 6.16. The van der Waals surface area contributed by atoms with Crippen LogP contribution in [-0.4, -0.2) is 34.6 Å². The summed E-state index contributed by atoms with van der Waals surface area (Å²) < 4.78 is 5.81. The molecule has 1 amide bonds.